The highest BCUT2D eigenvalue weighted by Crippen LogP contribution is 2.23. The number of carbonyl (C=O) groups is 2. The van der Waals surface area contributed by atoms with Crippen molar-refractivity contribution in [3.63, 3.8) is 0 Å². The minimum atomic E-state index is -0.929. The number of aliphatic carboxylic acids is 1. The largest absolute Gasteiger partial charge is 0.481 e. The van der Waals surface area contributed by atoms with E-state index in [0.29, 0.717) is 23.1 Å². The minimum absolute atomic E-state index is 0.0110. The Kier molecular flexibility index (Phi) is 13.8. The van der Waals surface area contributed by atoms with Crippen molar-refractivity contribution in [3.05, 3.63) is 82.2 Å². The lowest BCUT2D eigenvalue weighted by Crippen LogP contribution is -2.12. The van der Waals surface area contributed by atoms with Crippen LogP contribution in [-0.4, -0.2) is 16.9 Å². The van der Waals surface area contributed by atoms with E-state index in [4.69, 9.17) is 5.11 Å². The van der Waals surface area contributed by atoms with Crippen molar-refractivity contribution < 1.29 is 19.1 Å². The molecule has 0 fully saturated rings. The Morgan fingerprint density at radius 3 is 1.97 bits per heavy atom. The Morgan fingerprint density at radius 2 is 1.48 bits per heavy atom. The van der Waals surface area contributed by atoms with Crippen molar-refractivity contribution in [2.75, 3.05) is 0 Å². The molecule has 2 aromatic carbocycles. The third-order valence-electron chi connectivity index (χ3n) is 4.53. The van der Waals surface area contributed by atoms with Crippen LogP contribution in [0.4, 0.5) is 4.39 Å². The number of ketones is 1. The molecule has 0 aliphatic rings. The quantitative estimate of drug-likeness (QED) is 0.359. The lowest BCUT2D eigenvalue weighted by molar-refractivity contribution is -0.136. The lowest BCUT2D eigenvalue weighted by atomic mass is 9.91. The molecule has 0 heterocycles. The number of carboxylic acids is 1. The first-order chi connectivity index (χ1) is 14.7. The zero-order chi connectivity index (χ0) is 24.0. The number of hydrogen-bond donors (Lipinski definition) is 1. The number of allylic oxidation sites excluding steroid dienone is 1. The normalized spacial score (nSPS) is 9.65. The molecule has 170 valence electrons. The zero-order valence-electron chi connectivity index (χ0n) is 19.8. The summed E-state index contributed by atoms with van der Waals surface area (Å²) in [7, 11) is 0. The fourth-order valence-electron chi connectivity index (χ4n) is 2.91. The van der Waals surface area contributed by atoms with Crippen LogP contribution in [0.5, 0.6) is 0 Å². The summed E-state index contributed by atoms with van der Waals surface area (Å²) in [6.07, 6.45) is 2.73. The van der Waals surface area contributed by atoms with Crippen LogP contribution in [0.15, 0.2) is 48.6 Å². The third-order valence-corrected chi connectivity index (χ3v) is 4.53. The first kappa shape index (κ1) is 28.2. The molecule has 1 N–H and O–H groups in total. The second kappa shape index (κ2) is 15.1. The van der Waals surface area contributed by atoms with Crippen LogP contribution in [0.1, 0.15) is 80.1 Å². The van der Waals surface area contributed by atoms with Gasteiger partial charge in [0.25, 0.3) is 0 Å². The van der Waals surface area contributed by atoms with E-state index in [1.165, 1.54) is 24.1 Å². The molecule has 0 saturated heterocycles. The van der Waals surface area contributed by atoms with Gasteiger partial charge in [-0.2, -0.15) is 0 Å². The van der Waals surface area contributed by atoms with Gasteiger partial charge in [-0.3, -0.25) is 9.59 Å². The minimum Gasteiger partial charge on any atom is -0.481 e. The first-order valence-corrected chi connectivity index (χ1v) is 11.0. The maximum Gasteiger partial charge on any atom is 0.303 e. The highest BCUT2D eigenvalue weighted by molar-refractivity contribution is 6.09. The van der Waals surface area contributed by atoms with Crippen LogP contribution < -0.4 is 0 Å². The average molecular weight is 429 g/mol. The van der Waals surface area contributed by atoms with E-state index in [2.05, 4.69) is 27.4 Å². The van der Waals surface area contributed by atoms with E-state index in [-0.39, 0.29) is 18.4 Å². The van der Waals surface area contributed by atoms with Crippen molar-refractivity contribution in [1.82, 2.24) is 0 Å². The number of halogens is 1. The van der Waals surface area contributed by atoms with Gasteiger partial charge >= 0.3 is 5.97 Å². The molecule has 2 rings (SSSR count). The summed E-state index contributed by atoms with van der Waals surface area (Å²) in [5, 5.41) is 8.83. The molecular formula is C27H37FO3. The van der Waals surface area contributed by atoms with Crippen LogP contribution in [0.2, 0.25) is 0 Å². The summed E-state index contributed by atoms with van der Waals surface area (Å²) in [6.45, 7) is 15.8. The highest BCUT2D eigenvalue weighted by Gasteiger charge is 2.20. The first-order valence-electron chi connectivity index (χ1n) is 11.0. The lowest BCUT2D eigenvalue weighted by Gasteiger charge is -2.13. The van der Waals surface area contributed by atoms with E-state index in [1.807, 2.05) is 38.1 Å². The number of benzene rings is 2. The molecule has 0 amide bonds. The predicted octanol–water partition coefficient (Wildman–Crippen LogP) is 7.14. The van der Waals surface area contributed by atoms with E-state index in [1.54, 1.807) is 6.92 Å². The molecule has 0 aliphatic heterocycles. The molecule has 0 aromatic heterocycles. The summed E-state index contributed by atoms with van der Waals surface area (Å²) in [4.78, 5) is 23.5. The maximum absolute atomic E-state index is 14.3. The van der Waals surface area contributed by atoms with Crippen LogP contribution in [0, 0.1) is 12.7 Å². The van der Waals surface area contributed by atoms with Crippen molar-refractivity contribution in [1.29, 1.82) is 0 Å². The van der Waals surface area contributed by atoms with E-state index < -0.39 is 17.6 Å². The summed E-state index contributed by atoms with van der Waals surface area (Å²) in [6, 6.07) is 10.7. The molecule has 31 heavy (non-hydrogen) atoms. The molecule has 2 aromatic rings. The van der Waals surface area contributed by atoms with Crippen LogP contribution in [0.25, 0.3) is 0 Å². The van der Waals surface area contributed by atoms with Gasteiger partial charge in [0.1, 0.15) is 5.82 Å². The SMILES string of the molecule is C=C(Cc1ccc(CC)cc1)C(=O)c1c(F)ccc(CCC(=O)O)c1C.CC.CCC. The molecule has 0 spiro atoms. The van der Waals surface area contributed by atoms with Crippen molar-refractivity contribution >= 4 is 11.8 Å². The van der Waals surface area contributed by atoms with Gasteiger partial charge in [0.05, 0.1) is 5.56 Å². The van der Waals surface area contributed by atoms with Gasteiger partial charge in [0, 0.05) is 12.8 Å². The standard InChI is InChI=1S/C22H23FO3.C3H8.C2H6/c1-4-16-5-7-17(8-6-16)13-14(2)22(26)21-15(3)18(9-11-19(21)23)10-12-20(24)25;1-3-2;1-2/h5-9,11H,2,4,10,12-13H2,1,3H3,(H,24,25);3H2,1-2H3;1-2H3. The zero-order valence-corrected chi connectivity index (χ0v) is 19.8. The predicted molar refractivity (Wildman–Crippen MR) is 127 cm³/mol. The molecule has 3 nitrogen and oxygen atoms in total. The fourth-order valence-corrected chi connectivity index (χ4v) is 2.91. The summed E-state index contributed by atoms with van der Waals surface area (Å²) in [5.74, 6) is -1.97. The van der Waals surface area contributed by atoms with Crippen molar-refractivity contribution in [2.45, 2.75) is 73.6 Å². The number of Topliss-reactive ketones (excluding diaryl/α,β-unsaturated/α-hetero) is 1. The molecule has 0 atom stereocenters. The number of carbonyl (C=O) groups excluding carboxylic acids is 1. The topological polar surface area (TPSA) is 54.4 Å². The third kappa shape index (κ3) is 9.29. The molecule has 0 radical (unpaired) electrons. The van der Waals surface area contributed by atoms with Crippen molar-refractivity contribution in [3.8, 4) is 0 Å². The second-order valence-corrected chi connectivity index (χ2v) is 7.09. The van der Waals surface area contributed by atoms with Gasteiger partial charge in [-0.15, -0.1) is 0 Å². The number of aryl methyl sites for hydroxylation is 2. The Hall–Kier alpha value is -2.75. The summed E-state index contributed by atoms with van der Waals surface area (Å²) >= 11 is 0. The molecular weight excluding hydrogens is 391 g/mol. The van der Waals surface area contributed by atoms with E-state index in [0.717, 1.165) is 12.0 Å². The second-order valence-electron chi connectivity index (χ2n) is 7.09. The van der Waals surface area contributed by atoms with Gasteiger partial charge in [-0.05, 0) is 53.7 Å². The average Bonchev–Trinajstić information content (AvgIpc) is 2.75. The molecule has 4 heteroatoms. The van der Waals surface area contributed by atoms with E-state index in [9.17, 15) is 14.0 Å². The highest BCUT2D eigenvalue weighted by atomic mass is 19.1. The molecule has 0 bridgehead atoms. The smallest absolute Gasteiger partial charge is 0.303 e. The number of carboxylic acid groups (broad SMARTS) is 1. The van der Waals surface area contributed by atoms with Gasteiger partial charge < -0.3 is 5.11 Å². The van der Waals surface area contributed by atoms with Crippen LogP contribution >= 0.6 is 0 Å². The Morgan fingerprint density at radius 1 is 0.968 bits per heavy atom. The molecule has 0 aliphatic carbocycles. The maximum atomic E-state index is 14.3. The van der Waals surface area contributed by atoms with Gasteiger partial charge in [0.2, 0.25) is 0 Å². The Bertz CT molecular complexity index is 852. The summed E-state index contributed by atoms with van der Waals surface area (Å²) < 4.78 is 14.3. The Balaban J connectivity index is 0.00000165. The summed E-state index contributed by atoms with van der Waals surface area (Å²) in [5.41, 5.74) is 3.60. The van der Waals surface area contributed by atoms with Gasteiger partial charge in [-0.1, -0.05) is 78.0 Å². The van der Waals surface area contributed by atoms with Gasteiger partial charge in [-0.25, -0.2) is 4.39 Å². The van der Waals surface area contributed by atoms with Crippen LogP contribution in [0.3, 0.4) is 0 Å². The monoisotopic (exact) mass is 428 g/mol. The molecule has 0 saturated carbocycles. The van der Waals surface area contributed by atoms with Crippen LogP contribution in [-0.2, 0) is 24.1 Å². The number of hydrogen-bond acceptors (Lipinski definition) is 2. The van der Waals surface area contributed by atoms with Gasteiger partial charge in [0.15, 0.2) is 5.78 Å². The number of rotatable bonds is 8. The van der Waals surface area contributed by atoms with Crippen molar-refractivity contribution in [2.24, 2.45) is 0 Å². The Labute approximate surface area is 187 Å². The fraction of sp³-hybridized carbons (Fsp3) is 0.407. The molecule has 0 unspecified atom stereocenters. The van der Waals surface area contributed by atoms with E-state index >= 15 is 0 Å².